The summed E-state index contributed by atoms with van der Waals surface area (Å²) < 4.78 is 0. The lowest BCUT2D eigenvalue weighted by Gasteiger charge is -2.16. The van der Waals surface area contributed by atoms with Gasteiger partial charge in [0.05, 0.1) is 31.2 Å². The Hall–Kier alpha value is -3.49. The van der Waals surface area contributed by atoms with E-state index in [1.807, 2.05) is 0 Å². The van der Waals surface area contributed by atoms with Gasteiger partial charge in [0.25, 0.3) is 0 Å². The first-order valence-electron chi connectivity index (χ1n) is 9.93. The molecule has 0 amide bonds. The van der Waals surface area contributed by atoms with E-state index in [9.17, 15) is 35.4 Å². The molecule has 0 aromatic heterocycles. The van der Waals surface area contributed by atoms with Gasteiger partial charge in [-0.25, -0.2) is 0 Å². The van der Waals surface area contributed by atoms with Crippen molar-refractivity contribution >= 4 is 52.2 Å². The molecular weight excluding hydrogens is 554 g/mol. The topological polar surface area (TPSA) is 138 Å². The van der Waals surface area contributed by atoms with E-state index in [0.717, 1.165) is 24.3 Å². The quantitative estimate of drug-likeness (QED) is 0.145. The van der Waals surface area contributed by atoms with Crippen molar-refractivity contribution in [3.05, 3.63) is 79.7 Å². The van der Waals surface area contributed by atoms with Crippen molar-refractivity contribution in [1.29, 1.82) is 0 Å². The lowest BCUT2D eigenvalue weighted by Crippen LogP contribution is -2.05. The Balaban J connectivity index is 1.92. The first-order valence-corrected chi connectivity index (χ1v) is 11.4. The zero-order valence-electron chi connectivity index (χ0n) is 17.7. The maximum Gasteiger partial charge on any atom is 0.196 e. The molecule has 0 atom stereocenters. The lowest BCUT2D eigenvalue weighted by molar-refractivity contribution is 0.103. The average Bonchev–Trinajstić information content (AvgIpc) is 2.76. The van der Waals surface area contributed by atoms with Gasteiger partial charge in [0.2, 0.25) is 0 Å². The third kappa shape index (κ3) is 4.31. The minimum atomic E-state index is -0.712. The Morgan fingerprint density at radius 1 is 0.500 bits per heavy atom. The molecule has 0 saturated carbocycles. The summed E-state index contributed by atoms with van der Waals surface area (Å²) in [5.41, 5.74) is -0.787. The Morgan fingerprint density at radius 3 is 1.11 bits per heavy atom. The highest BCUT2D eigenvalue weighted by Crippen LogP contribution is 2.49. The van der Waals surface area contributed by atoms with E-state index in [-0.39, 0.29) is 53.5 Å². The van der Waals surface area contributed by atoms with Gasteiger partial charge in [0.1, 0.15) is 34.5 Å². The summed E-state index contributed by atoms with van der Waals surface area (Å²) in [5.74, 6) is -3.67. The summed E-state index contributed by atoms with van der Waals surface area (Å²) in [6, 6.07) is 9.14. The molecule has 0 aliphatic rings. The fraction of sp³-hybridized carbons (Fsp3) is 0. The summed E-state index contributed by atoms with van der Waals surface area (Å²) in [6.07, 6.45) is 0. The SMILES string of the molecule is O=C(c1ccc(Cl)c(-c2c(O)cc(O)cc2O)c1Cl)c1ccc(Cl)c(-c2c(O)cc(O)cc2O)c1Cl. The van der Waals surface area contributed by atoms with Crippen LogP contribution >= 0.6 is 46.4 Å². The van der Waals surface area contributed by atoms with Crippen LogP contribution < -0.4 is 0 Å². The lowest BCUT2D eigenvalue weighted by atomic mass is 9.94. The molecule has 0 unspecified atom stereocenters. The summed E-state index contributed by atoms with van der Waals surface area (Å²) in [7, 11) is 0. The molecular formula is C25H14Cl4O7. The van der Waals surface area contributed by atoms with Crippen molar-refractivity contribution < 1.29 is 35.4 Å². The second kappa shape index (κ2) is 9.52. The van der Waals surface area contributed by atoms with Crippen LogP contribution in [0.15, 0.2) is 48.5 Å². The van der Waals surface area contributed by atoms with Crippen LogP contribution in [-0.4, -0.2) is 36.4 Å². The van der Waals surface area contributed by atoms with Crippen molar-refractivity contribution in [2.45, 2.75) is 0 Å². The predicted octanol–water partition coefficient (Wildman–Crippen LogP) is 7.10. The molecule has 0 fully saturated rings. The highest BCUT2D eigenvalue weighted by molar-refractivity contribution is 6.44. The van der Waals surface area contributed by atoms with Crippen molar-refractivity contribution in [2.75, 3.05) is 0 Å². The number of ketones is 1. The van der Waals surface area contributed by atoms with Crippen molar-refractivity contribution in [3.63, 3.8) is 0 Å². The average molecular weight is 568 g/mol. The van der Waals surface area contributed by atoms with Gasteiger partial charge in [-0.05, 0) is 24.3 Å². The third-order valence-corrected chi connectivity index (χ3v) is 6.75. The molecule has 4 aromatic rings. The van der Waals surface area contributed by atoms with E-state index in [2.05, 4.69) is 0 Å². The summed E-state index contributed by atoms with van der Waals surface area (Å²) in [6.45, 7) is 0. The van der Waals surface area contributed by atoms with Crippen LogP contribution in [0, 0.1) is 0 Å². The molecule has 36 heavy (non-hydrogen) atoms. The molecule has 7 nitrogen and oxygen atoms in total. The number of halogens is 4. The van der Waals surface area contributed by atoms with Crippen molar-refractivity contribution in [1.82, 2.24) is 0 Å². The highest BCUT2D eigenvalue weighted by atomic mass is 35.5. The number of carbonyl (C=O) groups excluding carboxylic acids is 1. The van der Waals surface area contributed by atoms with E-state index in [0.29, 0.717) is 0 Å². The molecule has 11 heteroatoms. The second-order valence-electron chi connectivity index (χ2n) is 7.62. The number of carbonyl (C=O) groups is 1. The van der Waals surface area contributed by atoms with Gasteiger partial charge in [-0.3, -0.25) is 4.79 Å². The Bertz CT molecular complexity index is 1410. The fourth-order valence-corrected chi connectivity index (χ4v) is 5.06. The van der Waals surface area contributed by atoms with Crippen LogP contribution in [0.2, 0.25) is 20.1 Å². The number of aromatic hydroxyl groups is 6. The van der Waals surface area contributed by atoms with Gasteiger partial charge in [-0.2, -0.15) is 0 Å². The molecule has 0 aliphatic heterocycles. The van der Waals surface area contributed by atoms with Gasteiger partial charge in [-0.1, -0.05) is 46.4 Å². The van der Waals surface area contributed by atoms with Crippen molar-refractivity contribution in [3.8, 4) is 56.8 Å². The van der Waals surface area contributed by atoms with Gasteiger partial charge in [-0.15, -0.1) is 0 Å². The van der Waals surface area contributed by atoms with Gasteiger partial charge in [0.15, 0.2) is 5.78 Å². The standard InChI is InChI=1S/C25H14Cl4O7/c26-13-3-1-11(23(28)19(13)21-15(32)5-9(30)6-16(21)33)25(36)12-2-4-14(27)20(24(12)29)22-17(34)7-10(31)8-18(22)35/h1-8,30-35H. The van der Waals surface area contributed by atoms with E-state index < -0.39 is 40.3 Å². The highest BCUT2D eigenvalue weighted by Gasteiger charge is 2.27. The normalized spacial score (nSPS) is 11.0. The molecule has 184 valence electrons. The first kappa shape index (κ1) is 25.6. The van der Waals surface area contributed by atoms with E-state index in [4.69, 9.17) is 46.4 Å². The predicted molar refractivity (Wildman–Crippen MR) is 137 cm³/mol. The largest absolute Gasteiger partial charge is 0.508 e. The van der Waals surface area contributed by atoms with Crippen LogP contribution in [-0.2, 0) is 0 Å². The molecule has 0 radical (unpaired) electrons. The van der Waals surface area contributed by atoms with Gasteiger partial charge in [0, 0.05) is 46.5 Å². The molecule has 4 rings (SSSR count). The minimum absolute atomic E-state index is 0.00494. The van der Waals surface area contributed by atoms with E-state index >= 15 is 0 Å². The van der Waals surface area contributed by atoms with Crippen LogP contribution in [0.4, 0.5) is 0 Å². The number of hydrogen-bond acceptors (Lipinski definition) is 7. The third-order valence-electron chi connectivity index (χ3n) is 5.33. The number of phenolic OH excluding ortho intramolecular Hbond substituents is 6. The van der Waals surface area contributed by atoms with Gasteiger partial charge < -0.3 is 30.6 Å². The summed E-state index contributed by atoms with van der Waals surface area (Å²) in [4.78, 5) is 13.5. The summed E-state index contributed by atoms with van der Waals surface area (Å²) in [5, 5.41) is 60.0. The monoisotopic (exact) mass is 566 g/mol. The molecule has 0 aliphatic carbocycles. The number of hydrogen-bond donors (Lipinski definition) is 6. The molecule has 0 heterocycles. The Kier molecular flexibility index (Phi) is 6.77. The number of rotatable bonds is 4. The zero-order chi connectivity index (χ0) is 26.5. The smallest absolute Gasteiger partial charge is 0.196 e. The van der Waals surface area contributed by atoms with Crippen LogP contribution in [0.5, 0.6) is 34.5 Å². The molecule has 6 N–H and O–H groups in total. The minimum Gasteiger partial charge on any atom is -0.508 e. The van der Waals surface area contributed by atoms with Gasteiger partial charge >= 0.3 is 0 Å². The van der Waals surface area contributed by atoms with E-state index in [1.165, 1.54) is 24.3 Å². The molecule has 4 aromatic carbocycles. The number of benzene rings is 4. The van der Waals surface area contributed by atoms with Crippen LogP contribution in [0.1, 0.15) is 15.9 Å². The van der Waals surface area contributed by atoms with Crippen LogP contribution in [0.3, 0.4) is 0 Å². The Labute approximate surface area is 223 Å². The van der Waals surface area contributed by atoms with Crippen LogP contribution in [0.25, 0.3) is 22.3 Å². The molecule has 0 saturated heterocycles. The fourth-order valence-electron chi connectivity index (χ4n) is 3.77. The molecule has 0 spiro atoms. The second-order valence-corrected chi connectivity index (χ2v) is 9.19. The summed E-state index contributed by atoms with van der Waals surface area (Å²) >= 11 is 25.6. The van der Waals surface area contributed by atoms with Crippen molar-refractivity contribution in [2.24, 2.45) is 0 Å². The number of phenols is 6. The maximum absolute atomic E-state index is 13.5. The zero-order valence-corrected chi connectivity index (χ0v) is 20.7. The maximum atomic E-state index is 13.5. The van der Waals surface area contributed by atoms with E-state index in [1.54, 1.807) is 0 Å². The Morgan fingerprint density at radius 2 is 0.806 bits per heavy atom. The first-order chi connectivity index (χ1) is 16.9. The molecule has 0 bridgehead atoms.